The van der Waals surface area contributed by atoms with E-state index in [1.54, 1.807) is 7.11 Å². The van der Waals surface area contributed by atoms with Crippen molar-refractivity contribution in [1.29, 1.82) is 0 Å². The molecule has 3 heteroatoms. The van der Waals surface area contributed by atoms with Crippen LogP contribution in [0.1, 0.15) is 16.4 Å². The molecule has 2 aromatic carbocycles. The van der Waals surface area contributed by atoms with Gasteiger partial charge in [0.2, 0.25) is 0 Å². The number of ether oxygens (including phenoxy) is 1. The molecule has 2 rings (SSSR count). The van der Waals surface area contributed by atoms with Gasteiger partial charge in [0, 0.05) is 4.86 Å². The molecule has 0 heterocycles. The second-order valence-corrected chi connectivity index (χ2v) is 4.86. The summed E-state index contributed by atoms with van der Waals surface area (Å²) in [6, 6.07) is 17.8. The van der Waals surface area contributed by atoms with Crippen LogP contribution in [-0.2, 0) is 0 Å². The van der Waals surface area contributed by atoms with Crippen LogP contribution in [0.2, 0.25) is 0 Å². The first kappa shape index (κ1) is 13.1. The van der Waals surface area contributed by atoms with Gasteiger partial charge in [-0.3, -0.25) is 0 Å². The molecular formula is C15H14OS2. The van der Waals surface area contributed by atoms with Crippen molar-refractivity contribution in [2.75, 3.05) is 7.11 Å². The Labute approximate surface area is 118 Å². The molecule has 0 aliphatic heterocycles. The maximum atomic E-state index is 5.48. The van der Waals surface area contributed by atoms with Crippen molar-refractivity contribution >= 4 is 29.7 Å². The van der Waals surface area contributed by atoms with Crippen LogP contribution in [0, 0.1) is 0 Å². The summed E-state index contributed by atoms with van der Waals surface area (Å²) in [5.74, 6) is 0.838. The average molecular weight is 274 g/mol. The first-order valence-corrected chi connectivity index (χ1v) is 6.56. The number of hydrogen-bond donors (Lipinski definition) is 1. The van der Waals surface area contributed by atoms with E-state index in [2.05, 4.69) is 12.6 Å². The van der Waals surface area contributed by atoms with Crippen LogP contribution in [0.5, 0.6) is 5.75 Å². The van der Waals surface area contributed by atoms with Gasteiger partial charge in [-0.05, 0) is 23.3 Å². The fourth-order valence-electron chi connectivity index (χ4n) is 1.70. The Hall–Kier alpha value is -1.32. The topological polar surface area (TPSA) is 9.23 Å². The zero-order chi connectivity index (χ0) is 13.0. The highest BCUT2D eigenvalue weighted by Crippen LogP contribution is 2.27. The summed E-state index contributed by atoms with van der Waals surface area (Å²) in [4.78, 5) is 0.837. The number of thiol groups is 1. The van der Waals surface area contributed by atoms with Crippen LogP contribution < -0.4 is 4.74 Å². The zero-order valence-corrected chi connectivity index (χ0v) is 11.7. The maximum Gasteiger partial charge on any atom is 0.118 e. The Morgan fingerprint density at radius 3 is 2.22 bits per heavy atom. The minimum absolute atomic E-state index is 0.0756. The number of thiocarbonyl (C=S) groups is 1. The van der Waals surface area contributed by atoms with Crippen molar-refractivity contribution in [3.63, 3.8) is 0 Å². The fourth-order valence-corrected chi connectivity index (χ4v) is 2.29. The molecule has 0 amide bonds. The van der Waals surface area contributed by atoms with Gasteiger partial charge in [0.05, 0.1) is 12.4 Å². The van der Waals surface area contributed by atoms with Gasteiger partial charge in [-0.1, -0.05) is 54.7 Å². The lowest BCUT2D eigenvalue weighted by atomic mass is 10.0. The Morgan fingerprint density at radius 2 is 1.67 bits per heavy atom. The largest absolute Gasteiger partial charge is 0.497 e. The van der Waals surface area contributed by atoms with E-state index in [-0.39, 0.29) is 5.25 Å². The molecule has 1 atom stereocenters. The molecule has 0 N–H and O–H groups in total. The monoisotopic (exact) mass is 274 g/mol. The van der Waals surface area contributed by atoms with E-state index < -0.39 is 0 Å². The maximum absolute atomic E-state index is 5.48. The average Bonchev–Trinajstić information content (AvgIpc) is 2.47. The lowest BCUT2D eigenvalue weighted by Gasteiger charge is -2.13. The molecule has 0 saturated heterocycles. The number of rotatable bonds is 4. The predicted molar refractivity (Wildman–Crippen MR) is 82.9 cm³/mol. The summed E-state index contributed by atoms with van der Waals surface area (Å²) in [6.07, 6.45) is 0. The summed E-state index contributed by atoms with van der Waals surface area (Å²) in [5.41, 5.74) is 2.12. The molecule has 0 aliphatic rings. The summed E-state index contributed by atoms with van der Waals surface area (Å²) < 4.78 is 5.14. The SMILES string of the molecule is COc1ccc(C(S)C(=S)c2ccccc2)cc1. The van der Waals surface area contributed by atoms with E-state index in [9.17, 15) is 0 Å². The van der Waals surface area contributed by atoms with Crippen LogP contribution >= 0.6 is 24.8 Å². The minimum atomic E-state index is -0.0756. The molecule has 1 unspecified atom stereocenters. The molecular weight excluding hydrogens is 260 g/mol. The van der Waals surface area contributed by atoms with Gasteiger partial charge in [0.15, 0.2) is 0 Å². The van der Waals surface area contributed by atoms with Gasteiger partial charge in [-0.15, -0.1) is 0 Å². The van der Waals surface area contributed by atoms with Crippen LogP contribution in [0.3, 0.4) is 0 Å². The summed E-state index contributed by atoms with van der Waals surface area (Å²) >= 11 is 10.1. The molecule has 18 heavy (non-hydrogen) atoms. The van der Waals surface area contributed by atoms with Gasteiger partial charge < -0.3 is 4.74 Å². The lowest BCUT2D eigenvalue weighted by Crippen LogP contribution is -2.05. The van der Waals surface area contributed by atoms with E-state index in [0.29, 0.717) is 0 Å². The Morgan fingerprint density at radius 1 is 1.06 bits per heavy atom. The minimum Gasteiger partial charge on any atom is -0.497 e. The molecule has 0 bridgehead atoms. The molecule has 0 aromatic heterocycles. The predicted octanol–water partition coefficient (Wildman–Crippen LogP) is 4.08. The highest BCUT2D eigenvalue weighted by Gasteiger charge is 2.13. The second-order valence-electron chi connectivity index (χ2n) is 3.91. The van der Waals surface area contributed by atoms with Crippen LogP contribution in [0.25, 0.3) is 0 Å². The van der Waals surface area contributed by atoms with Gasteiger partial charge in [0.25, 0.3) is 0 Å². The summed E-state index contributed by atoms with van der Waals surface area (Å²) in [5, 5.41) is -0.0756. The highest BCUT2D eigenvalue weighted by atomic mass is 32.1. The molecule has 0 radical (unpaired) electrons. The van der Waals surface area contributed by atoms with E-state index in [4.69, 9.17) is 17.0 Å². The van der Waals surface area contributed by atoms with Gasteiger partial charge in [0.1, 0.15) is 5.75 Å². The van der Waals surface area contributed by atoms with Crippen molar-refractivity contribution in [3.05, 3.63) is 65.7 Å². The molecule has 0 aliphatic carbocycles. The number of hydrogen-bond acceptors (Lipinski definition) is 3. The number of benzene rings is 2. The molecule has 1 nitrogen and oxygen atoms in total. The molecule has 0 spiro atoms. The zero-order valence-electron chi connectivity index (χ0n) is 10.0. The van der Waals surface area contributed by atoms with Crippen molar-refractivity contribution < 1.29 is 4.74 Å². The van der Waals surface area contributed by atoms with Crippen molar-refractivity contribution in [2.45, 2.75) is 5.25 Å². The Bertz CT molecular complexity index is 520. The van der Waals surface area contributed by atoms with E-state index in [0.717, 1.165) is 21.7 Å². The van der Waals surface area contributed by atoms with Crippen molar-refractivity contribution in [1.82, 2.24) is 0 Å². The van der Waals surface area contributed by atoms with E-state index >= 15 is 0 Å². The van der Waals surface area contributed by atoms with Gasteiger partial charge in [-0.2, -0.15) is 12.6 Å². The quantitative estimate of drug-likeness (QED) is 0.511. The van der Waals surface area contributed by atoms with Crippen LogP contribution in [0.15, 0.2) is 54.6 Å². The first-order chi connectivity index (χ1) is 8.72. The van der Waals surface area contributed by atoms with E-state index in [1.165, 1.54) is 0 Å². The van der Waals surface area contributed by atoms with Crippen LogP contribution in [0.4, 0.5) is 0 Å². The Kier molecular flexibility index (Phi) is 4.39. The lowest BCUT2D eigenvalue weighted by molar-refractivity contribution is 0.414. The summed E-state index contributed by atoms with van der Waals surface area (Å²) in [6.45, 7) is 0. The van der Waals surface area contributed by atoms with Crippen molar-refractivity contribution in [3.8, 4) is 5.75 Å². The van der Waals surface area contributed by atoms with Gasteiger partial charge >= 0.3 is 0 Å². The third-order valence-corrected chi connectivity index (χ3v) is 3.94. The Balaban J connectivity index is 2.20. The third kappa shape index (κ3) is 2.92. The molecule has 2 aromatic rings. The molecule has 92 valence electrons. The summed E-state index contributed by atoms with van der Waals surface area (Å²) in [7, 11) is 1.65. The molecule has 0 fully saturated rings. The van der Waals surface area contributed by atoms with Crippen LogP contribution in [-0.4, -0.2) is 12.0 Å². The standard InChI is InChI=1S/C15H14OS2/c1-16-13-9-7-12(8-10-13)15(18)14(17)11-5-3-2-4-6-11/h2-10,15,18H,1H3. The van der Waals surface area contributed by atoms with E-state index in [1.807, 2.05) is 54.6 Å². The highest BCUT2D eigenvalue weighted by molar-refractivity contribution is 7.86. The fraction of sp³-hybridized carbons (Fsp3) is 0.133. The molecule has 0 saturated carbocycles. The van der Waals surface area contributed by atoms with Gasteiger partial charge in [-0.25, -0.2) is 0 Å². The third-order valence-electron chi connectivity index (χ3n) is 2.74. The van der Waals surface area contributed by atoms with Crippen molar-refractivity contribution in [2.24, 2.45) is 0 Å². The first-order valence-electron chi connectivity index (χ1n) is 5.63. The second kappa shape index (κ2) is 6.03. The number of methoxy groups -OCH3 is 1. The smallest absolute Gasteiger partial charge is 0.118 e. The normalized spacial score (nSPS) is 11.9.